The first-order valence-electron chi connectivity index (χ1n) is 6.87. The second kappa shape index (κ2) is 29.8. The Balaban J connectivity index is -0.0000000655. The van der Waals surface area contributed by atoms with Crippen molar-refractivity contribution in [2.45, 2.75) is 41.5 Å². The van der Waals surface area contributed by atoms with E-state index in [4.69, 9.17) is 15.0 Å². The summed E-state index contributed by atoms with van der Waals surface area (Å²) in [5.74, 6) is -1.13. The van der Waals surface area contributed by atoms with Crippen LogP contribution >= 0.6 is 0 Å². The van der Waals surface area contributed by atoms with Gasteiger partial charge in [-0.3, -0.25) is 4.79 Å². The molecule has 0 aliphatic rings. The van der Waals surface area contributed by atoms with Crippen molar-refractivity contribution >= 4 is 17.7 Å². The average molecular weight is 352 g/mol. The molecule has 0 radical (unpaired) electrons. The predicted molar refractivity (Wildman–Crippen MR) is 88.7 cm³/mol. The number of aliphatic hydroxyl groups is 1. The smallest absolute Gasteiger partial charge is 0.550 e. The SMILES string of the molecule is CC(=O)[O-].CC(C)=O.CCOC(C)=O.CO.Cc1ccccc1.[Na+]. The fourth-order valence-electron chi connectivity index (χ4n) is 0.738. The number of ether oxygens (including phenoxy) is 1. The van der Waals surface area contributed by atoms with Crippen molar-refractivity contribution in [3.05, 3.63) is 35.9 Å². The van der Waals surface area contributed by atoms with Gasteiger partial charge in [0.15, 0.2) is 0 Å². The molecule has 1 rings (SSSR count). The van der Waals surface area contributed by atoms with Crippen LogP contribution in [0.1, 0.15) is 40.2 Å². The van der Waals surface area contributed by atoms with Gasteiger partial charge in [-0.2, -0.15) is 0 Å². The Kier molecular flexibility index (Phi) is 42.4. The molecule has 1 aromatic carbocycles. The Morgan fingerprint density at radius 1 is 1.00 bits per heavy atom. The van der Waals surface area contributed by atoms with Crippen LogP contribution < -0.4 is 34.7 Å². The minimum atomic E-state index is -1.08. The summed E-state index contributed by atoms with van der Waals surface area (Å²) in [5.41, 5.74) is 1.32. The van der Waals surface area contributed by atoms with Gasteiger partial charge in [0.05, 0.1) is 6.61 Å². The van der Waals surface area contributed by atoms with Crippen molar-refractivity contribution in [2.24, 2.45) is 0 Å². The van der Waals surface area contributed by atoms with Gasteiger partial charge in [-0.25, -0.2) is 0 Å². The van der Waals surface area contributed by atoms with E-state index < -0.39 is 5.97 Å². The molecule has 0 atom stereocenters. The van der Waals surface area contributed by atoms with Crippen LogP contribution in [-0.2, 0) is 19.1 Å². The number of rotatable bonds is 1. The molecule has 0 saturated carbocycles. The third kappa shape index (κ3) is 85.0. The van der Waals surface area contributed by atoms with Crippen LogP contribution in [0.3, 0.4) is 0 Å². The minimum absolute atomic E-state index is 0. The van der Waals surface area contributed by atoms with Crippen LogP contribution in [0.25, 0.3) is 0 Å². The van der Waals surface area contributed by atoms with E-state index in [0.29, 0.717) is 6.61 Å². The number of benzene rings is 1. The van der Waals surface area contributed by atoms with E-state index >= 15 is 0 Å². The Labute approximate surface area is 167 Å². The third-order valence-electron chi connectivity index (χ3n) is 1.29. The van der Waals surface area contributed by atoms with Gasteiger partial charge in [-0.05, 0) is 34.6 Å². The predicted octanol–water partition coefficient (Wildman–Crippen LogP) is -1.47. The number of hydrogen-bond donors (Lipinski definition) is 1. The molecule has 0 amide bonds. The van der Waals surface area contributed by atoms with Gasteiger partial charge in [0.1, 0.15) is 5.78 Å². The molecule has 1 aromatic rings. The average Bonchev–Trinajstić information content (AvgIpc) is 2.41. The summed E-state index contributed by atoms with van der Waals surface area (Å²) < 4.78 is 4.40. The van der Waals surface area contributed by atoms with E-state index in [2.05, 4.69) is 23.8 Å². The molecule has 0 aliphatic heterocycles. The Hall–Kier alpha value is -1.21. The standard InChI is InChI=1S/C7H8.C4H8O2.C3H6O.C2H4O2.CH4O.Na/c1-7-5-3-2-4-6-7;1-3-6-4(2)5;1-3(2)4;1-2(3)4;1-2;/h2-6H,1H3;3H2,1-2H3;1-2H3;1H3,(H,3,4);2H,1H3;/q;;;;;+1/p-1. The number of carboxylic acids is 1. The summed E-state index contributed by atoms with van der Waals surface area (Å²) in [6.45, 7) is 9.76. The quantitative estimate of drug-likeness (QED) is 0.489. The Morgan fingerprint density at radius 2 is 1.29 bits per heavy atom. The molecule has 0 saturated heterocycles. The summed E-state index contributed by atoms with van der Waals surface area (Å²) in [6.07, 6.45) is 0. The van der Waals surface area contributed by atoms with Crippen LogP contribution in [0.4, 0.5) is 0 Å². The first kappa shape index (κ1) is 34.2. The summed E-state index contributed by atoms with van der Waals surface area (Å²) in [7, 11) is 1.00. The fourth-order valence-corrected chi connectivity index (χ4v) is 0.738. The van der Waals surface area contributed by atoms with E-state index in [9.17, 15) is 9.59 Å². The molecule has 1 N–H and O–H groups in total. The Bertz CT molecular complexity index is 373. The van der Waals surface area contributed by atoms with E-state index in [1.165, 1.54) is 26.3 Å². The van der Waals surface area contributed by atoms with Crippen molar-refractivity contribution in [3.8, 4) is 0 Å². The maximum atomic E-state index is 9.82. The number of aryl methyl sites for hydroxylation is 1. The number of carboxylic acid groups (broad SMARTS) is 1. The number of hydrogen-bond acceptors (Lipinski definition) is 6. The number of aliphatic carboxylic acids is 1. The topological polar surface area (TPSA) is 104 Å². The number of aliphatic hydroxyl groups excluding tert-OH is 1. The van der Waals surface area contributed by atoms with Crippen LogP contribution in [0.15, 0.2) is 30.3 Å². The van der Waals surface area contributed by atoms with E-state index in [0.717, 1.165) is 14.0 Å². The van der Waals surface area contributed by atoms with Crippen LogP contribution in [0, 0.1) is 6.92 Å². The molecule has 134 valence electrons. The molecule has 0 aliphatic carbocycles. The summed E-state index contributed by atoms with van der Waals surface area (Å²) in [5, 5.41) is 15.9. The number of ketones is 1. The first-order valence-corrected chi connectivity index (χ1v) is 6.87. The van der Waals surface area contributed by atoms with Gasteiger partial charge < -0.3 is 24.5 Å². The Morgan fingerprint density at radius 3 is 1.38 bits per heavy atom. The van der Waals surface area contributed by atoms with E-state index in [1.807, 2.05) is 18.2 Å². The van der Waals surface area contributed by atoms with E-state index in [1.54, 1.807) is 6.92 Å². The van der Waals surface area contributed by atoms with Gasteiger partial charge in [0.25, 0.3) is 0 Å². The zero-order valence-corrected chi connectivity index (χ0v) is 18.1. The fraction of sp³-hybridized carbons (Fsp3) is 0.471. The minimum Gasteiger partial charge on any atom is -0.550 e. The van der Waals surface area contributed by atoms with Crippen LogP contribution in [0.5, 0.6) is 0 Å². The third-order valence-corrected chi connectivity index (χ3v) is 1.29. The summed E-state index contributed by atoms with van der Waals surface area (Å²) in [4.78, 5) is 28.2. The summed E-state index contributed by atoms with van der Waals surface area (Å²) in [6, 6.07) is 10.3. The number of carbonyl (C=O) groups is 3. The zero-order valence-electron chi connectivity index (χ0n) is 16.1. The molecule has 0 bridgehead atoms. The van der Waals surface area contributed by atoms with Crippen LogP contribution in [0.2, 0.25) is 0 Å². The van der Waals surface area contributed by atoms with Gasteiger partial charge in [-0.15, -0.1) is 0 Å². The maximum absolute atomic E-state index is 9.82. The molecule has 0 heterocycles. The maximum Gasteiger partial charge on any atom is 1.00 e. The van der Waals surface area contributed by atoms with Crippen molar-refractivity contribution in [3.63, 3.8) is 0 Å². The van der Waals surface area contributed by atoms with Gasteiger partial charge in [0, 0.05) is 20.0 Å². The molecular weight excluding hydrogens is 323 g/mol. The molecule has 7 heteroatoms. The van der Waals surface area contributed by atoms with Crippen molar-refractivity contribution in [1.29, 1.82) is 0 Å². The van der Waals surface area contributed by atoms with Gasteiger partial charge >= 0.3 is 35.5 Å². The van der Waals surface area contributed by atoms with E-state index in [-0.39, 0.29) is 41.3 Å². The largest absolute Gasteiger partial charge is 1.00 e. The van der Waals surface area contributed by atoms with Crippen molar-refractivity contribution in [2.75, 3.05) is 13.7 Å². The number of Topliss-reactive ketones (excluding diaryl/α,β-unsaturated/α-hetero) is 1. The molecule has 0 unspecified atom stereocenters. The molecule has 6 nitrogen and oxygen atoms in total. The molecule has 0 aromatic heterocycles. The van der Waals surface area contributed by atoms with Crippen molar-refractivity contribution in [1.82, 2.24) is 0 Å². The monoisotopic (exact) mass is 352 g/mol. The summed E-state index contributed by atoms with van der Waals surface area (Å²) >= 11 is 0. The molecular formula is C17H29NaO6. The molecule has 0 spiro atoms. The molecule has 24 heavy (non-hydrogen) atoms. The van der Waals surface area contributed by atoms with Crippen molar-refractivity contribution < 1.29 is 58.9 Å². The van der Waals surface area contributed by atoms with Crippen LogP contribution in [-0.4, -0.2) is 36.5 Å². The number of esters is 1. The second-order valence-corrected chi connectivity index (χ2v) is 3.98. The number of carbonyl (C=O) groups excluding carboxylic acids is 3. The van der Waals surface area contributed by atoms with Gasteiger partial charge in [0.2, 0.25) is 0 Å². The normalized spacial score (nSPS) is 6.83. The zero-order chi connectivity index (χ0) is 19.3. The van der Waals surface area contributed by atoms with Gasteiger partial charge in [-0.1, -0.05) is 35.9 Å². The first-order chi connectivity index (χ1) is 10.6. The molecule has 0 fully saturated rings. The second-order valence-electron chi connectivity index (χ2n) is 3.98.